The second-order valence-electron chi connectivity index (χ2n) is 2.53. The van der Waals surface area contributed by atoms with Crippen LogP contribution in [0.5, 0.6) is 0 Å². The van der Waals surface area contributed by atoms with Crippen molar-refractivity contribution in [3.63, 3.8) is 0 Å². The van der Waals surface area contributed by atoms with Gasteiger partial charge in [-0.2, -0.15) is 0 Å². The molecular weight excluding hydrogens is 158 g/mol. The lowest BCUT2D eigenvalue weighted by Gasteiger charge is -1.96. The van der Waals surface area contributed by atoms with Crippen LogP contribution in [0.4, 0.5) is 0 Å². The number of carbonyl (C=O) groups is 2. The number of aliphatic carboxylic acids is 1. The van der Waals surface area contributed by atoms with Crippen LogP contribution in [0.1, 0.15) is 16.1 Å². The summed E-state index contributed by atoms with van der Waals surface area (Å²) in [5, 5.41) is 8.47. The van der Waals surface area contributed by atoms with Crippen molar-refractivity contribution in [3.05, 3.63) is 23.5 Å². The Morgan fingerprint density at radius 1 is 1.75 bits per heavy atom. The number of nitrogens with zero attached hydrogens (tertiary/aromatic N) is 1. The van der Waals surface area contributed by atoms with Gasteiger partial charge in [-0.25, -0.2) is 0 Å². The van der Waals surface area contributed by atoms with Crippen molar-refractivity contribution >= 4 is 12.3 Å². The van der Waals surface area contributed by atoms with Crippen LogP contribution in [0.25, 0.3) is 0 Å². The van der Waals surface area contributed by atoms with Crippen molar-refractivity contribution in [1.82, 2.24) is 4.57 Å². The minimum Gasteiger partial charge on any atom is -0.481 e. The van der Waals surface area contributed by atoms with Gasteiger partial charge in [0.1, 0.15) is 0 Å². The molecular formula is C8H9NO3. The van der Waals surface area contributed by atoms with E-state index in [1.165, 1.54) is 0 Å². The molecule has 1 aromatic heterocycles. The molecule has 0 aromatic carbocycles. The Bertz CT molecular complexity index is 314. The minimum atomic E-state index is -0.927. The van der Waals surface area contributed by atoms with E-state index in [1.807, 2.05) is 0 Å². The molecule has 0 radical (unpaired) electrons. The smallest absolute Gasteiger partial charge is 0.307 e. The van der Waals surface area contributed by atoms with Gasteiger partial charge in [0.15, 0.2) is 6.29 Å². The second kappa shape index (κ2) is 3.21. The van der Waals surface area contributed by atoms with Gasteiger partial charge in [-0.15, -0.1) is 0 Å². The summed E-state index contributed by atoms with van der Waals surface area (Å²) in [5.41, 5.74) is 0.984. The fourth-order valence-electron chi connectivity index (χ4n) is 1.07. The lowest BCUT2D eigenvalue weighted by atomic mass is 10.2. The minimum absolute atomic E-state index is 0.102. The third-order valence-corrected chi connectivity index (χ3v) is 1.66. The van der Waals surface area contributed by atoms with Gasteiger partial charge in [0.25, 0.3) is 0 Å². The first-order valence-electron chi connectivity index (χ1n) is 3.46. The molecule has 1 aromatic rings. The van der Waals surface area contributed by atoms with Gasteiger partial charge in [-0.1, -0.05) is 0 Å². The summed E-state index contributed by atoms with van der Waals surface area (Å²) in [6.07, 6.45) is 2.23. The Balaban J connectivity index is 2.99. The molecule has 0 fully saturated rings. The quantitative estimate of drug-likeness (QED) is 0.665. The number of aromatic nitrogens is 1. The highest BCUT2D eigenvalue weighted by Crippen LogP contribution is 2.07. The topological polar surface area (TPSA) is 59.3 Å². The molecule has 0 aliphatic rings. The van der Waals surface area contributed by atoms with Crippen molar-refractivity contribution in [2.45, 2.75) is 6.42 Å². The highest BCUT2D eigenvalue weighted by Gasteiger charge is 2.08. The third-order valence-electron chi connectivity index (χ3n) is 1.66. The maximum atomic E-state index is 10.5. The van der Waals surface area contributed by atoms with Crippen LogP contribution < -0.4 is 0 Å². The van der Waals surface area contributed by atoms with Crippen molar-refractivity contribution in [2.75, 3.05) is 0 Å². The van der Waals surface area contributed by atoms with Gasteiger partial charge >= 0.3 is 5.97 Å². The summed E-state index contributed by atoms with van der Waals surface area (Å²) in [4.78, 5) is 20.8. The van der Waals surface area contributed by atoms with E-state index >= 15 is 0 Å². The molecule has 0 saturated heterocycles. The van der Waals surface area contributed by atoms with Crippen molar-refractivity contribution < 1.29 is 14.7 Å². The SMILES string of the molecule is Cn1ccc(CC(=O)O)c1C=O. The van der Waals surface area contributed by atoms with E-state index < -0.39 is 5.97 Å². The maximum Gasteiger partial charge on any atom is 0.307 e. The van der Waals surface area contributed by atoms with Crippen LogP contribution in [-0.2, 0) is 18.3 Å². The summed E-state index contributed by atoms with van der Waals surface area (Å²) < 4.78 is 1.60. The van der Waals surface area contributed by atoms with Crippen LogP contribution in [0.15, 0.2) is 12.3 Å². The summed E-state index contributed by atoms with van der Waals surface area (Å²) in [6, 6.07) is 1.64. The van der Waals surface area contributed by atoms with Gasteiger partial charge in [-0.05, 0) is 11.6 Å². The van der Waals surface area contributed by atoms with Crippen LogP contribution >= 0.6 is 0 Å². The molecule has 0 spiro atoms. The van der Waals surface area contributed by atoms with E-state index in [4.69, 9.17) is 5.11 Å². The monoisotopic (exact) mass is 167 g/mol. The van der Waals surface area contributed by atoms with Crippen LogP contribution in [0.2, 0.25) is 0 Å². The van der Waals surface area contributed by atoms with Gasteiger partial charge in [0.05, 0.1) is 12.1 Å². The summed E-state index contributed by atoms with van der Waals surface area (Å²) >= 11 is 0. The number of rotatable bonds is 3. The van der Waals surface area contributed by atoms with E-state index in [9.17, 15) is 9.59 Å². The van der Waals surface area contributed by atoms with Crippen LogP contribution in [-0.4, -0.2) is 21.9 Å². The summed E-state index contributed by atoms with van der Waals surface area (Å²) in [7, 11) is 1.70. The van der Waals surface area contributed by atoms with E-state index in [1.54, 1.807) is 23.9 Å². The Labute approximate surface area is 69.4 Å². The predicted octanol–water partition coefficient (Wildman–Crippen LogP) is 0.465. The average Bonchev–Trinajstić information content (AvgIpc) is 2.30. The first-order valence-corrected chi connectivity index (χ1v) is 3.46. The summed E-state index contributed by atoms with van der Waals surface area (Å²) in [6.45, 7) is 0. The average molecular weight is 167 g/mol. The van der Waals surface area contributed by atoms with Gasteiger partial charge in [-0.3, -0.25) is 9.59 Å². The number of aryl methyl sites for hydroxylation is 1. The Kier molecular flexibility index (Phi) is 2.28. The number of aldehydes is 1. The lowest BCUT2D eigenvalue weighted by molar-refractivity contribution is -0.136. The fourth-order valence-corrected chi connectivity index (χ4v) is 1.07. The zero-order valence-electron chi connectivity index (χ0n) is 6.65. The third kappa shape index (κ3) is 1.53. The number of hydrogen-bond acceptors (Lipinski definition) is 2. The molecule has 1 rings (SSSR count). The molecule has 4 nitrogen and oxygen atoms in total. The Morgan fingerprint density at radius 3 is 2.92 bits per heavy atom. The molecule has 12 heavy (non-hydrogen) atoms. The normalized spacial score (nSPS) is 9.75. The number of carbonyl (C=O) groups excluding carboxylic acids is 1. The molecule has 1 N–H and O–H groups in total. The first-order chi connectivity index (χ1) is 5.65. The molecule has 64 valence electrons. The van der Waals surface area contributed by atoms with Crippen molar-refractivity contribution in [3.8, 4) is 0 Å². The predicted molar refractivity (Wildman–Crippen MR) is 42.1 cm³/mol. The van der Waals surface area contributed by atoms with Crippen molar-refractivity contribution in [2.24, 2.45) is 7.05 Å². The standard InChI is InChI=1S/C8H9NO3/c1-9-3-2-6(4-8(11)12)7(9)5-10/h2-3,5H,4H2,1H3,(H,11,12). The molecule has 0 atom stereocenters. The molecule has 0 saturated carbocycles. The molecule has 0 unspecified atom stereocenters. The van der Waals surface area contributed by atoms with Gasteiger partial charge in [0, 0.05) is 13.2 Å². The molecule has 0 bridgehead atoms. The molecule has 1 heterocycles. The number of carboxylic acids is 1. The van der Waals surface area contributed by atoms with Gasteiger partial charge in [0.2, 0.25) is 0 Å². The van der Waals surface area contributed by atoms with E-state index in [-0.39, 0.29) is 6.42 Å². The van der Waals surface area contributed by atoms with Crippen LogP contribution in [0, 0.1) is 0 Å². The number of carboxylic acid groups (broad SMARTS) is 1. The van der Waals surface area contributed by atoms with Crippen LogP contribution in [0.3, 0.4) is 0 Å². The first kappa shape index (κ1) is 8.52. The summed E-state index contributed by atoms with van der Waals surface area (Å²) in [5.74, 6) is -0.927. The van der Waals surface area contributed by atoms with E-state index in [0.717, 1.165) is 0 Å². The largest absolute Gasteiger partial charge is 0.481 e. The molecule has 0 amide bonds. The highest BCUT2D eigenvalue weighted by molar-refractivity contribution is 5.79. The fraction of sp³-hybridized carbons (Fsp3) is 0.250. The Hall–Kier alpha value is -1.58. The zero-order valence-corrected chi connectivity index (χ0v) is 6.65. The second-order valence-corrected chi connectivity index (χ2v) is 2.53. The van der Waals surface area contributed by atoms with E-state index in [2.05, 4.69) is 0 Å². The van der Waals surface area contributed by atoms with Crippen molar-refractivity contribution in [1.29, 1.82) is 0 Å². The van der Waals surface area contributed by atoms with E-state index in [0.29, 0.717) is 17.5 Å². The molecule has 0 aliphatic carbocycles. The molecule has 4 heteroatoms. The zero-order chi connectivity index (χ0) is 9.14. The Morgan fingerprint density at radius 2 is 2.42 bits per heavy atom. The highest BCUT2D eigenvalue weighted by atomic mass is 16.4. The molecule has 0 aliphatic heterocycles. The number of hydrogen-bond donors (Lipinski definition) is 1. The lowest BCUT2D eigenvalue weighted by Crippen LogP contribution is -2.03. The van der Waals surface area contributed by atoms with Gasteiger partial charge < -0.3 is 9.67 Å². The maximum absolute atomic E-state index is 10.5.